The first-order valence-corrected chi connectivity index (χ1v) is 8.73. The van der Waals surface area contributed by atoms with Crippen LogP contribution in [0, 0.1) is 10.4 Å². The van der Waals surface area contributed by atoms with E-state index in [1.807, 2.05) is 38.1 Å². The highest BCUT2D eigenvalue weighted by atomic mass is 16.9. The van der Waals surface area contributed by atoms with Crippen LogP contribution in [0.1, 0.15) is 34.1 Å². The molecule has 0 radical (unpaired) electrons. The van der Waals surface area contributed by atoms with Crippen LogP contribution < -0.4 is 10.3 Å². The van der Waals surface area contributed by atoms with Gasteiger partial charge in [0, 0.05) is 32.4 Å². The Hall–Kier alpha value is -1.80. The first kappa shape index (κ1) is 20.5. The lowest BCUT2D eigenvalue weighted by molar-refractivity contribution is -1.01. The summed E-state index contributed by atoms with van der Waals surface area (Å²) in [6, 6.07) is 18.0. The molecule has 0 saturated heterocycles. The van der Waals surface area contributed by atoms with Crippen molar-refractivity contribution in [2.24, 2.45) is 0 Å². The zero-order valence-corrected chi connectivity index (χ0v) is 15.8. The Kier molecular flexibility index (Phi) is 6.88. The number of para-hydroxylation sites is 1. The highest BCUT2D eigenvalue weighted by molar-refractivity contribution is 5.28. The second-order valence-corrected chi connectivity index (χ2v) is 7.32. The van der Waals surface area contributed by atoms with Gasteiger partial charge in [0.05, 0.1) is 6.61 Å². The van der Waals surface area contributed by atoms with Gasteiger partial charge in [0.15, 0.2) is 11.4 Å². The predicted molar refractivity (Wildman–Crippen MR) is 101 cm³/mol. The molecular formula is C20H28N2O4. The number of hydrogen-bond donors (Lipinski definition) is 2. The molecule has 142 valence electrons. The highest BCUT2D eigenvalue weighted by Crippen LogP contribution is 2.15. The van der Waals surface area contributed by atoms with Crippen molar-refractivity contribution in [1.82, 2.24) is 0 Å². The third-order valence-electron chi connectivity index (χ3n) is 4.13. The van der Waals surface area contributed by atoms with Gasteiger partial charge in [0.1, 0.15) is 11.3 Å². The Balaban J connectivity index is 1.86. The molecule has 0 aliphatic rings. The Morgan fingerprint density at radius 3 is 1.85 bits per heavy atom. The fraction of sp³-hybridized carbons (Fsp3) is 0.400. The average molecular weight is 360 g/mol. The molecule has 26 heavy (non-hydrogen) atoms. The van der Waals surface area contributed by atoms with Gasteiger partial charge in [-0.3, -0.25) is 0 Å². The van der Waals surface area contributed by atoms with Crippen molar-refractivity contribution in [3.8, 4) is 0 Å². The minimum Gasteiger partial charge on any atom is -0.627 e. The fourth-order valence-electron chi connectivity index (χ4n) is 2.49. The molecule has 2 aromatic carbocycles. The van der Waals surface area contributed by atoms with Crippen LogP contribution in [-0.2, 0) is 9.57 Å². The molecule has 2 atom stereocenters. The second kappa shape index (κ2) is 8.73. The fourth-order valence-corrected chi connectivity index (χ4v) is 2.49. The topological polar surface area (TPSA) is 73.5 Å². The lowest BCUT2D eigenvalue weighted by Gasteiger charge is -2.38. The average Bonchev–Trinajstić information content (AvgIpc) is 2.61. The van der Waals surface area contributed by atoms with Crippen molar-refractivity contribution < 1.29 is 19.9 Å². The summed E-state index contributed by atoms with van der Waals surface area (Å²) in [5.74, 6) is 0. The van der Waals surface area contributed by atoms with E-state index >= 15 is 0 Å². The minimum absolute atomic E-state index is 0.0720. The number of hydrogen-bond acceptors (Lipinski definition) is 4. The Labute approximate surface area is 155 Å². The first-order valence-electron chi connectivity index (χ1n) is 8.73. The molecule has 2 unspecified atom stereocenters. The monoisotopic (exact) mass is 360 g/mol. The number of ether oxygens (including phenoxy) is 1. The molecule has 2 N–H and O–H groups in total. The molecule has 6 nitrogen and oxygen atoms in total. The van der Waals surface area contributed by atoms with Crippen LogP contribution in [0.5, 0.6) is 0 Å². The van der Waals surface area contributed by atoms with Crippen LogP contribution in [-0.4, -0.2) is 17.9 Å². The normalized spacial score (nSPS) is 14.8. The van der Waals surface area contributed by atoms with Crippen molar-refractivity contribution >= 4 is 11.4 Å². The van der Waals surface area contributed by atoms with Crippen molar-refractivity contribution in [3.05, 3.63) is 71.1 Å². The maximum atomic E-state index is 12.6. The van der Waals surface area contributed by atoms with Gasteiger partial charge < -0.3 is 20.2 Å². The summed E-state index contributed by atoms with van der Waals surface area (Å²) in [6.07, 6.45) is 0.483. The molecule has 0 spiro atoms. The van der Waals surface area contributed by atoms with Crippen molar-refractivity contribution in [3.63, 3.8) is 0 Å². The molecule has 2 aromatic rings. The van der Waals surface area contributed by atoms with E-state index in [2.05, 4.69) is 0 Å². The molecule has 0 aromatic heterocycles. The van der Waals surface area contributed by atoms with Gasteiger partial charge in [-0.25, -0.2) is 0 Å². The molecule has 0 heterocycles. The summed E-state index contributed by atoms with van der Waals surface area (Å²) < 4.78 is 5.83. The number of rotatable bonds is 9. The molecule has 6 heteroatoms. The van der Waals surface area contributed by atoms with Gasteiger partial charge in [0.2, 0.25) is 0 Å². The molecular weight excluding hydrogens is 332 g/mol. The van der Waals surface area contributed by atoms with E-state index in [9.17, 15) is 10.4 Å². The van der Waals surface area contributed by atoms with Crippen LogP contribution in [0.25, 0.3) is 0 Å². The van der Waals surface area contributed by atoms with Crippen LogP contribution in [0.2, 0.25) is 0 Å². The molecule has 0 bridgehead atoms. The minimum atomic E-state index is -0.944. The van der Waals surface area contributed by atoms with Crippen molar-refractivity contribution in [2.75, 3.05) is 6.61 Å². The van der Waals surface area contributed by atoms with E-state index in [-0.39, 0.29) is 10.3 Å². The zero-order chi connectivity index (χ0) is 19.2. The largest absolute Gasteiger partial charge is 0.627 e. The van der Waals surface area contributed by atoms with Gasteiger partial charge in [0.25, 0.3) is 0 Å². The lowest BCUT2D eigenvalue weighted by atomic mass is 10.1. The molecule has 2 rings (SSSR count). The molecule has 0 aliphatic carbocycles. The summed E-state index contributed by atoms with van der Waals surface area (Å²) in [4.78, 5) is 5.58. The number of benzene rings is 2. The van der Waals surface area contributed by atoms with Gasteiger partial charge in [-0.1, -0.05) is 36.4 Å². The third-order valence-corrected chi connectivity index (χ3v) is 4.13. The van der Waals surface area contributed by atoms with Gasteiger partial charge in [-0.05, 0) is 26.0 Å². The molecule has 0 saturated carbocycles. The van der Waals surface area contributed by atoms with E-state index in [4.69, 9.17) is 9.57 Å². The maximum Gasteiger partial charge on any atom is 0.200 e. The number of hydroxylamine groups is 1. The SMILES string of the molecule is CC(C)(CCOC(C)(C)[NH+]([O-])c1ccccc1)O[NH+]([O-])c1ccccc1. The molecule has 0 fully saturated rings. The van der Waals surface area contributed by atoms with Crippen molar-refractivity contribution in [1.29, 1.82) is 0 Å². The number of quaternary nitrogens is 2. The van der Waals surface area contributed by atoms with Gasteiger partial charge in [-0.2, -0.15) is 10.1 Å². The summed E-state index contributed by atoms with van der Waals surface area (Å²) in [5.41, 5.74) is -0.506. The first-order chi connectivity index (χ1) is 12.2. The quantitative estimate of drug-likeness (QED) is 0.531. The maximum absolute atomic E-state index is 12.6. The Morgan fingerprint density at radius 1 is 0.808 bits per heavy atom. The lowest BCUT2D eigenvalue weighted by Crippen LogP contribution is -3.11. The van der Waals surface area contributed by atoms with E-state index < -0.39 is 11.3 Å². The summed E-state index contributed by atoms with van der Waals surface area (Å²) in [7, 11) is 0. The third kappa shape index (κ3) is 5.88. The number of nitrogens with one attached hydrogen (secondary N) is 2. The second-order valence-electron chi connectivity index (χ2n) is 7.32. The summed E-state index contributed by atoms with van der Waals surface area (Å²) in [6.45, 7) is 7.49. The van der Waals surface area contributed by atoms with Crippen LogP contribution >= 0.6 is 0 Å². The van der Waals surface area contributed by atoms with E-state index in [1.54, 1.807) is 50.2 Å². The summed E-state index contributed by atoms with van der Waals surface area (Å²) in [5, 5.41) is 24.3. The smallest absolute Gasteiger partial charge is 0.200 e. The van der Waals surface area contributed by atoms with Gasteiger partial charge >= 0.3 is 0 Å². The predicted octanol–water partition coefficient (Wildman–Crippen LogP) is 2.27. The van der Waals surface area contributed by atoms with Gasteiger partial charge in [-0.15, -0.1) is 0 Å². The van der Waals surface area contributed by atoms with Crippen LogP contribution in [0.3, 0.4) is 0 Å². The standard InChI is InChI=1S/C20H28N2O4/c1-19(2,26-22(24)18-13-9-6-10-14-18)15-16-25-20(3,4)21(23)17-11-7-5-8-12-17/h5-14,21-22H,15-16H2,1-4H3. The molecule has 0 aliphatic heterocycles. The van der Waals surface area contributed by atoms with Crippen LogP contribution in [0.15, 0.2) is 60.7 Å². The summed E-state index contributed by atoms with van der Waals surface area (Å²) >= 11 is 0. The molecule has 0 amide bonds. The Bertz CT molecular complexity index is 662. The van der Waals surface area contributed by atoms with E-state index in [0.717, 1.165) is 0 Å². The van der Waals surface area contributed by atoms with E-state index in [0.29, 0.717) is 24.4 Å². The Morgan fingerprint density at radius 2 is 1.31 bits per heavy atom. The van der Waals surface area contributed by atoms with Crippen molar-refractivity contribution in [2.45, 2.75) is 45.4 Å². The van der Waals surface area contributed by atoms with Crippen LogP contribution in [0.4, 0.5) is 11.4 Å². The highest BCUT2D eigenvalue weighted by Gasteiger charge is 2.30. The zero-order valence-electron chi connectivity index (χ0n) is 15.8. The van der Waals surface area contributed by atoms with E-state index in [1.165, 1.54) is 0 Å².